The smallest absolute Gasteiger partial charge is 0.202 e. The molecule has 6 heteroatoms. The van der Waals surface area contributed by atoms with Crippen molar-refractivity contribution in [2.24, 2.45) is 0 Å². The van der Waals surface area contributed by atoms with E-state index in [9.17, 15) is 14.6 Å². The van der Waals surface area contributed by atoms with Gasteiger partial charge in [-0.3, -0.25) is 0 Å². The predicted octanol–water partition coefficient (Wildman–Crippen LogP) is 3.57. The predicted molar refractivity (Wildman–Crippen MR) is 85.0 cm³/mol. The standard InChI is InChI=1S/C17H15ClFNO3/c1-2-7-23-15-9-14(13(19)8-12(15)18)20-16(21)10-5-3-4-6-11(10)17(20)22/h1,8-9,21-22H,3-7H2. The van der Waals surface area contributed by atoms with Crippen LogP contribution in [0, 0.1) is 18.2 Å². The van der Waals surface area contributed by atoms with Crippen molar-refractivity contribution < 1.29 is 19.3 Å². The van der Waals surface area contributed by atoms with Crippen LogP contribution in [0.1, 0.15) is 24.0 Å². The zero-order valence-electron chi connectivity index (χ0n) is 12.3. The molecule has 0 fully saturated rings. The lowest BCUT2D eigenvalue weighted by atomic mass is 9.95. The van der Waals surface area contributed by atoms with Crippen LogP contribution in [-0.4, -0.2) is 21.4 Å². The molecule has 0 amide bonds. The highest BCUT2D eigenvalue weighted by Crippen LogP contribution is 2.42. The van der Waals surface area contributed by atoms with Gasteiger partial charge in [-0.25, -0.2) is 8.96 Å². The van der Waals surface area contributed by atoms with Crippen LogP contribution < -0.4 is 4.74 Å². The maximum absolute atomic E-state index is 14.3. The van der Waals surface area contributed by atoms with Gasteiger partial charge in [0.05, 0.1) is 10.7 Å². The Labute approximate surface area is 138 Å². The molecule has 1 aromatic heterocycles. The number of ether oxygens (including phenoxy) is 1. The van der Waals surface area contributed by atoms with E-state index in [-0.39, 0.29) is 34.8 Å². The molecule has 0 aliphatic heterocycles. The summed E-state index contributed by atoms with van der Waals surface area (Å²) >= 11 is 5.94. The second-order valence-corrected chi connectivity index (χ2v) is 5.78. The van der Waals surface area contributed by atoms with Gasteiger partial charge in [0.15, 0.2) is 0 Å². The molecule has 0 saturated carbocycles. The molecule has 0 unspecified atom stereocenters. The van der Waals surface area contributed by atoms with Crippen molar-refractivity contribution in [2.75, 3.05) is 6.61 Å². The molecule has 3 rings (SSSR count). The fourth-order valence-electron chi connectivity index (χ4n) is 2.92. The van der Waals surface area contributed by atoms with Crippen LogP contribution in [0.25, 0.3) is 5.69 Å². The average molecular weight is 336 g/mol. The van der Waals surface area contributed by atoms with E-state index < -0.39 is 5.82 Å². The molecule has 120 valence electrons. The highest BCUT2D eigenvalue weighted by atomic mass is 35.5. The molecule has 0 radical (unpaired) electrons. The summed E-state index contributed by atoms with van der Waals surface area (Å²) in [4.78, 5) is 0. The van der Waals surface area contributed by atoms with Crippen molar-refractivity contribution in [1.82, 2.24) is 4.57 Å². The Bertz CT molecular complexity index is 778. The number of aromatic nitrogens is 1. The van der Waals surface area contributed by atoms with Gasteiger partial charge >= 0.3 is 0 Å². The number of terminal acetylenes is 1. The molecule has 1 heterocycles. The lowest BCUT2D eigenvalue weighted by molar-refractivity contribution is 0.368. The monoisotopic (exact) mass is 335 g/mol. The molecule has 1 aliphatic carbocycles. The number of nitrogens with zero attached hydrogens (tertiary/aromatic N) is 1. The molecule has 0 spiro atoms. The van der Waals surface area contributed by atoms with Crippen molar-refractivity contribution in [3.05, 3.63) is 34.1 Å². The minimum Gasteiger partial charge on any atom is -0.494 e. The molecule has 0 atom stereocenters. The molecule has 23 heavy (non-hydrogen) atoms. The van der Waals surface area contributed by atoms with Crippen LogP contribution in [0.5, 0.6) is 17.5 Å². The van der Waals surface area contributed by atoms with Gasteiger partial charge in [0.1, 0.15) is 18.2 Å². The summed E-state index contributed by atoms with van der Waals surface area (Å²) in [6.07, 6.45) is 8.28. The zero-order valence-corrected chi connectivity index (χ0v) is 13.0. The summed E-state index contributed by atoms with van der Waals surface area (Å²) in [5.41, 5.74) is 1.29. The number of benzene rings is 1. The van der Waals surface area contributed by atoms with E-state index in [4.69, 9.17) is 22.8 Å². The van der Waals surface area contributed by atoms with Gasteiger partial charge in [-0.1, -0.05) is 17.5 Å². The number of rotatable bonds is 3. The number of fused-ring (bicyclic) bond motifs is 1. The van der Waals surface area contributed by atoms with Gasteiger partial charge in [0.2, 0.25) is 11.8 Å². The summed E-state index contributed by atoms with van der Waals surface area (Å²) in [6.45, 7) is -0.0229. The van der Waals surface area contributed by atoms with Gasteiger partial charge < -0.3 is 14.9 Å². The van der Waals surface area contributed by atoms with E-state index in [0.29, 0.717) is 24.0 Å². The second-order valence-electron chi connectivity index (χ2n) is 5.37. The number of hydrogen-bond acceptors (Lipinski definition) is 3. The quantitative estimate of drug-likeness (QED) is 0.843. The fraction of sp³-hybridized carbons (Fsp3) is 0.294. The molecule has 0 bridgehead atoms. The summed E-state index contributed by atoms with van der Waals surface area (Å²) in [5.74, 6) is 1.50. The molecule has 1 aromatic carbocycles. The van der Waals surface area contributed by atoms with Gasteiger partial charge in [-0.2, -0.15) is 0 Å². The Morgan fingerprint density at radius 1 is 1.22 bits per heavy atom. The first-order valence-electron chi connectivity index (χ1n) is 7.24. The SMILES string of the molecule is C#CCOc1cc(-n2c(O)c3c(c2O)CCCC3)c(F)cc1Cl. The number of hydrogen-bond donors (Lipinski definition) is 2. The highest BCUT2D eigenvalue weighted by molar-refractivity contribution is 6.32. The lowest BCUT2D eigenvalue weighted by Crippen LogP contribution is -2.01. The summed E-state index contributed by atoms with van der Waals surface area (Å²) in [7, 11) is 0. The van der Waals surface area contributed by atoms with E-state index in [1.807, 2.05) is 0 Å². The largest absolute Gasteiger partial charge is 0.494 e. The first kappa shape index (κ1) is 15.6. The van der Waals surface area contributed by atoms with E-state index in [1.54, 1.807) is 0 Å². The van der Waals surface area contributed by atoms with E-state index in [1.165, 1.54) is 6.07 Å². The molecule has 2 aromatic rings. The lowest BCUT2D eigenvalue weighted by Gasteiger charge is -2.12. The Hall–Kier alpha value is -2.32. The van der Waals surface area contributed by atoms with Crippen LogP contribution in [0.2, 0.25) is 5.02 Å². The van der Waals surface area contributed by atoms with Gasteiger partial charge in [0, 0.05) is 17.2 Å². The molecular weight excluding hydrogens is 321 g/mol. The maximum atomic E-state index is 14.3. The Morgan fingerprint density at radius 2 is 1.83 bits per heavy atom. The van der Waals surface area contributed by atoms with Crippen molar-refractivity contribution in [3.8, 4) is 35.5 Å². The van der Waals surface area contributed by atoms with Crippen LogP contribution in [0.3, 0.4) is 0 Å². The van der Waals surface area contributed by atoms with Crippen LogP contribution in [0.15, 0.2) is 12.1 Å². The van der Waals surface area contributed by atoms with Gasteiger partial charge in [-0.15, -0.1) is 6.42 Å². The first-order chi connectivity index (χ1) is 11.0. The molecule has 4 nitrogen and oxygen atoms in total. The third-order valence-electron chi connectivity index (χ3n) is 3.98. The Balaban J connectivity index is 2.16. The Kier molecular flexibility index (Phi) is 4.10. The van der Waals surface area contributed by atoms with Gasteiger partial charge in [0.25, 0.3) is 0 Å². The summed E-state index contributed by atoms with van der Waals surface area (Å²) < 4.78 is 20.7. The number of aromatic hydroxyl groups is 2. The summed E-state index contributed by atoms with van der Waals surface area (Å²) in [6, 6.07) is 2.39. The second kappa shape index (κ2) is 6.05. The average Bonchev–Trinajstić information content (AvgIpc) is 2.79. The third-order valence-corrected chi connectivity index (χ3v) is 4.28. The van der Waals surface area contributed by atoms with Crippen molar-refractivity contribution in [1.29, 1.82) is 0 Å². The van der Waals surface area contributed by atoms with Crippen molar-refractivity contribution >= 4 is 11.6 Å². The van der Waals surface area contributed by atoms with Crippen LogP contribution in [-0.2, 0) is 12.8 Å². The van der Waals surface area contributed by atoms with Gasteiger partial charge in [-0.05, 0) is 31.7 Å². The Morgan fingerprint density at radius 3 is 2.39 bits per heavy atom. The minimum atomic E-state index is -0.680. The van der Waals surface area contributed by atoms with E-state index in [2.05, 4.69) is 5.92 Å². The van der Waals surface area contributed by atoms with Crippen molar-refractivity contribution in [2.45, 2.75) is 25.7 Å². The molecule has 0 saturated heterocycles. The maximum Gasteiger partial charge on any atom is 0.202 e. The van der Waals surface area contributed by atoms with E-state index in [0.717, 1.165) is 23.5 Å². The van der Waals surface area contributed by atoms with Crippen LogP contribution >= 0.6 is 11.6 Å². The molecule has 1 aliphatic rings. The normalized spacial score (nSPS) is 13.4. The first-order valence-corrected chi connectivity index (χ1v) is 7.62. The molecular formula is C17H15ClFNO3. The topological polar surface area (TPSA) is 54.6 Å². The van der Waals surface area contributed by atoms with Crippen LogP contribution in [0.4, 0.5) is 4.39 Å². The zero-order chi connectivity index (χ0) is 16.6. The molecule has 2 N–H and O–H groups in total. The minimum absolute atomic E-state index is 0.0229. The summed E-state index contributed by atoms with van der Waals surface area (Å²) in [5, 5.41) is 20.9. The third kappa shape index (κ3) is 2.60. The van der Waals surface area contributed by atoms with Crippen molar-refractivity contribution in [3.63, 3.8) is 0 Å². The fourth-order valence-corrected chi connectivity index (χ4v) is 3.12. The number of halogens is 2. The van der Waals surface area contributed by atoms with E-state index >= 15 is 0 Å². The highest BCUT2D eigenvalue weighted by Gasteiger charge is 2.27.